The summed E-state index contributed by atoms with van der Waals surface area (Å²) in [5.74, 6) is -1.07. The number of rotatable bonds is 6. The van der Waals surface area contributed by atoms with Gasteiger partial charge in [0.1, 0.15) is 12.4 Å². The summed E-state index contributed by atoms with van der Waals surface area (Å²) in [6.07, 6.45) is -2.67. The summed E-state index contributed by atoms with van der Waals surface area (Å²) >= 11 is 3.08. The van der Waals surface area contributed by atoms with Crippen molar-refractivity contribution >= 4 is 27.5 Å². The van der Waals surface area contributed by atoms with Gasteiger partial charge in [0, 0.05) is 4.47 Å². The number of anilines is 1. The molecule has 0 heterocycles. The maximum Gasteiger partial charge on any atom is 0.261 e. The molecule has 1 N–H and O–H groups in total. The highest BCUT2D eigenvalue weighted by Crippen LogP contribution is 2.19. The molecule has 0 atom stereocenters. The van der Waals surface area contributed by atoms with Crippen LogP contribution in [0.25, 0.3) is 0 Å². The van der Waals surface area contributed by atoms with E-state index in [9.17, 15) is 18.0 Å². The molecule has 100 valence electrons. The van der Waals surface area contributed by atoms with Crippen molar-refractivity contribution in [2.75, 3.05) is 18.5 Å². The van der Waals surface area contributed by atoms with Crippen molar-refractivity contribution in [3.8, 4) is 0 Å². The average molecular weight is 326 g/mol. The second kappa shape index (κ2) is 7.38. The predicted molar refractivity (Wildman–Crippen MR) is 64.2 cm³/mol. The number of benzene rings is 1. The first-order valence-corrected chi connectivity index (χ1v) is 5.89. The number of halogens is 4. The van der Waals surface area contributed by atoms with Crippen molar-refractivity contribution in [3.05, 3.63) is 28.5 Å². The Bertz CT molecular complexity index is 415. The van der Waals surface area contributed by atoms with Gasteiger partial charge < -0.3 is 10.1 Å². The number of nitrogens with one attached hydrogen (secondary N) is 1. The van der Waals surface area contributed by atoms with Gasteiger partial charge in [-0.25, -0.2) is 13.2 Å². The molecule has 3 nitrogen and oxygen atoms in total. The lowest BCUT2D eigenvalue weighted by molar-refractivity contribution is -0.117. The fraction of sp³-hybridized carbons (Fsp3) is 0.364. The molecule has 0 bridgehead atoms. The Morgan fingerprint density at radius 2 is 2.17 bits per heavy atom. The normalized spacial score (nSPS) is 10.7. The van der Waals surface area contributed by atoms with Gasteiger partial charge in [0.25, 0.3) is 6.43 Å². The highest BCUT2D eigenvalue weighted by Gasteiger charge is 2.08. The molecule has 0 aliphatic rings. The summed E-state index contributed by atoms with van der Waals surface area (Å²) in [6.45, 7) is -0.839. The van der Waals surface area contributed by atoms with E-state index in [4.69, 9.17) is 0 Å². The van der Waals surface area contributed by atoms with Gasteiger partial charge in [-0.05, 0) is 18.2 Å². The molecule has 18 heavy (non-hydrogen) atoms. The minimum absolute atomic E-state index is 0.0389. The molecule has 0 spiro atoms. The Morgan fingerprint density at radius 1 is 1.44 bits per heavy atom. The first kappa shape index (κ1) is 15.0. The van der Waals surface area contributed by atoms with Crippen molar-refractivity contribution in [2.45, 2.75) is 12.8 Å². The van der Waals surface area contributed by atoms with Crippen LogP contribution in [0.1, 0.15) is 6.42 Å². The molecular weight excluding hydrogens is 315 g/mol. The Hall–Kier alpha value is -1.08. The van der Waals surface area contributed by atoms with Crippen LogP contribution >= 0.6 is 15.9 Å². The van der Waals surface area contributed by atoms with Crippen LogP contribution in [-0.2, 0) is 9.53 Å². The zero-order valence-corrected chi connectivity index (χ0v) is 10.8. The van der Waals surface area contributed by atoms with Crippen LogP contribution in [0.5, 0.6) is 0 Å². The number of ether oxygens (including phenoxy) is 1. The van der Waals surface area contributed by atoms with Crippen LogP contribution in [0.15, 0.2) is 22.7 Å². The quantitative estimate of drug-likeness (QED) is 0.816. The number of amides is 1. The van der Waals surface area contributed by atoms with E-state index in [-0.39, 0.29) is 18.7 Å². The van der Waals surface area contributed by atoms with E-state index in [1.165, 1.54) is 12.1 Å². The van der Waals surface area contributed by atoms with Gasteiger partial charge in [-0.3, -0.25) is 4.79 Å². The van der Waals surface area contributed by atoms with E-state index in [0.29, 0.717) is 4.47 Å². The number of alkyl halides is 2. The molecule has 0 aromatic heterocycles. The van der Waals surface area contributed by atoms with Crippen LogP contribution in [-0.4, -0.2) is 25.5 Å². The van der Waals surface area contributed by atoms with Crippen LogP contribution in [0.2, 0.25) is 0 Å². The molecule has 0 fully saturated rings. The molecule has 7 heteroatoms. The third kappa shape index (κ3) is 5.50. The van der Waals surface area contributed by atoms with Gasteiger partial charge in [-0.2, -0.15) is 0 Å². The molecular formula is C11H11BrF3NO2. The van der Waals surface area contributed by atoms with E-state index >= 15 is 0 Å². The standard InChI is InChI=1S/C11H11BrF3NO2/c12-7-1-2-9(8(13)5-7)16-11(17)3-4-18-6-10(14)15/h1-2,5,10H,3-4,6H2,(H,16,17). The summed E-state index contributed by atoms with van der Waals surface area (Å²) in [7, 11) is 0. The molecule has 0 saturated heterocycles. The van der Waals surface area contributed by atoms with Crippen molar-refractivity contribution in [1.82, 2.24) is 0 Å². The summed E-state index contributed by atoms with van der Waals surface area (Å²) in [5, 5.41) is 2.32. The fourth-order valence-corrected chi connectivity index (χ4v) is 1.47. The maximum atomic E-state index is 13.3. The molecule has 0 unspecified atom stereocenters. The lowest BCUT2D eigenvalue weighted by atomic mass is 10.3. The van der Waals surface area contributed by atoms with Crippen LogP contribution in [0.3, 0.4) is 0 Å². The highest BCUT2D eigenvalue weighted by molar-refractivity contribution is 9.10. The second-order valence-electron chi connectivity index (χ2n) is 3.39. The minimum Gasteiger partial charge on any atom is -0.375 e. The lowest BCUT2D eigenvalue weighted by Gasteiger charge is -2.07. The fourth-order valence-electron chi connectivity index (χ4n) is 1.14. The number of carbonyl (C=O) groups is 1. The Kier molecular flexibility index (Phi) is 6.14. The molecule has 0 radical (unpaired) electrons. The third-order valence-corrected chi connectivity index (χ3v) is 2.42. The first-order chi connectivity index (χ1) is 8.49. The molecule has 1 aromatic carbocycles. The van der Waals surface area contributed by atoms with Gasteiger partial charge in [-0.15, -0.1) is 0 Å². The van der Waals surface area contributed by atoms with Gasteiger partial charge >= 0.3 is 0 Å². The van der Waals surface area contributed by atoms with E-state index in [1.807, 2.05) is 0 Å². The lowest BCUT2D eigenvalue weighted by Crippen LogP contribution is -2.16. The molecule has 1 aromatic rings. The Morgan fingerprint density at radius 3 is 2.78 bits per heavy atom. The van der Waals surface area contributed by atoms with Crippen LogP contribution in [0, 0.1) is 5.82 Å². The SMILES string of the molecule is O=C(CCOCC(F)F)Nc1ccc(Br)cc1F. The summed E-state index contributed by atoms with van der Waals surface area (Å²) in [6, 6.07) is 4.19. The zero-order valence-electron chi connectivity index (χ0n) is 9.26. The van der Waals surface area contributed by atoms with E-state index in [0.717, 1.165) is 0 Å². The van der Waals surface area contributed by atoms with E-state index < -0.39 is 24.8 Å². The smallest absolute Gasteiger partial charge is 0.261 e. The van der Waals surface area contributed by atoms with Gasteiger partial charge in [0.2, 0.25) is 5.91 Å². The molecule has 0 aliphatic carbocycles. The minimum atomic E-state index is -2.56. The Balaban J connectivity index is 2.35. The van der Waals surface area contributed by atoms with Crippen molar-refractivity contribution in [2.24, 2.45) is 0 Å². The van der Waals surface area contributed by atoms with Gasteiger partial charge in [0.05, 0.1) is 18.7 Å². The van der Waals surface area contributed by atoms with Crippen molar-refractivity contribution < 1.29 is 22.7 Å². The van der Waals surface area contributed by atoms with Gasteiger partial charge in [-0.1, -0.05) is 15.9 Å². The van der Waals surface area contributed by atoms with Crippen molar-refractivity contribution in [3.63, 3.8) is 0 Å². The molecule has 0 aliphatic heterocycles. The molecule has 0 saturated carbocycles. The van der Waals surface area contributed by atoms with E-state index in [1.54, 1.807) is 6.07 Å². The van der Waals surface area contributed by atoms with Crippen molar-refractivity contribution in [1.29, 1.82) is 0 Å². The third-order valence-electron chi connectivity index (χ3n) is 1.92. The number of carbonyl (C=O) groups excluding carboxylic acids is 1. The van der Waals surface area contributed by atoms with E-state index in [2.05, 4.69) is 26.0 Å². The number of hydrogen-bond donors (Lipinski definition) is 1. The average Bonchev–Trinajstić information content (AvgIpc) is 2.28. The second-order valence-corrected chi connectivity index (χ2v) is 4.30. The predicted octanol–water partition coefficient (Wildman–Crippen LogP) is 3.20. The largest absolute Gasteiger partial charge is 0.375 e. The molecule has 1 rings (SSSR count). The maximum absolute atomic E-state index is 13.3. The summed E-state index contributed by atoms with van der Waals surface area (Å²) in [4.78, 5) is 11.3. The van der Waals surface area contributed by atoms with Crippen LogP contribution in [0.4, 0.5) is 18.9 Å². The first-order valence-electron chi connectivity index (χ1n) is 5.10. The van der Waals surface area contributed by atoms with Crippen LogP contribution < -0.4 is 5.32 Å². The van der Waals surface area contributed by atoms with Gasteiger partial charge in [0.15, 0.2) is 0 Å². The zero-order chi connectivity index (χ0) is 13.5. The highest BCUT2D eigenvalue weighted by atomic mass is 79.9. The monoisotopic (exact) mass is 325 g/mol. The summed E-state index contributed by atoms with van der Waals surface area (Å²) in [5.41, 5.74) is 0.0389. The Labute approximate surface area is 110 Å². The topological polar surface area (TPSA) is 38.3 Å². The molecule has 1 amide bonds. The summed E-state index contributed by atoms with van der Waals surface area (Å²) < 4.78 is 41.9. The number of hydrogen-bond acceptors (Lipinski definition) is 2.